The Balaban J connectivity index is 2.29. The van der Waals surface area contributed by atoms with Crippen LogP contribution in [0.25, 0.3) is 16.6 Å². The lowest BCUT2D eigenvalue weighted by Gasteiger charge is -2.12. The SMILES string of the molecule is COc1ccc(-n2c(CCl)nc3ccccc3c2=O)cc1. The second-order valence-corrected chi connectivity index (χ2v) is 4.78. The first-order valence-electron chi connectivity index (χ1n) is 6.45. The Morgan fingerprint density at radius 1 is 1.14 bits per heavy atom. The lowest BCUT2D eigenvalue weighted by atomic mass is 10.2. The molecule has 2 aromatic carbocycles. The third-order valence-corrected chi connectivity index (χ3v) is 3.53. The first-order valence-corrected chi connectivity index (χ1v) is 6.99. The Kier molecular flexibility index (Phi) is 3.62. The van der Waals surface area contributed by atoms with Gasteiger partial charge in [0.1, 0.15) is 11.6 Å². The molecule has 0 aliphatic rings. The summed E-state index contributed by atoms with van der Waals surface area (Å²) in [5, 5.41) is 0.571. The molecule has 0 amide bonds. The second-order valence-electron chi connectivity index (χ2n) is 4.52. The van der Waals surface area contributed by atoms with Crippen LogP contribution >= 0.6 is 11.6 Å². The van der Waals surface area contributed by atoms with E-state index in [1.807, 2.05) is 30.3 Å². The van der Waals surface area contributed by atoms with Crippen molar-refractivity contribution >= 4 is 22.5 Å². The van der Waals surface area contributed by atoms with Crippen LogP contribution in [-0.2, 0) is 5.88 Å². The Bertz CT molecular complexity index is 841. The predicted octanol–water partition coefficient (Wildman–Crippen LogP) is 3.13. The first-order chi connectivity index (χ1) is 10.2. The Morgan fingerprint density at radius 3 is 2.52 bits per heavy atom. The first kappa shape index (κ1) is 13.6. The van der Waals surface area contributed by atoms with Gasteiger partial charge in [0.25, 0.3) is 5.56 Å². The molecule has 21 heavy (non-hydrogen) atoms. The van der Waals surface area contributed by atoms with Crippen molar-refractivity contribution in [2.75, 3.05) is 7.11 Å². The minimum atomic E-state index is -0.124. The molecule has 0 saturated carbocycles. The molecule has 3 aromatic rings. The molecule has 0 aliphatic heterocycles. The van der Waals surface area contributed by atoms with E-state index in [2.05, 4.69) is 4.98 Å². The summed E-state index contributed by atoms with van der Waals surface area (Å²) in [7, 11) is 1.60. The normalized spacial score (nSPS) is 10.8. The predicted molar refractivity (Wildman–Crippen MR) is 83.4 cm³/mol. The zero-order valence-corrected chi connectivity index (χ0v) is 12.2. The number of hydrogen-bond acceptors (Lipinski definition) is 3. The van der Waals surface area contributed by atoms with Crippen molar-refractivity contribution < 1.29 is 4.74 Å². The van der Waals surface area contributed by atoms with Crippen molar-refractivity contribution in [3.05, 3.63) is 64.7 Å². The largest absolute Gasteiger partial charge is 0.497 e. The van der Waals surface area contributed by atoms with Gasteiger partial charge < -0.3 is 4.74 Å². The molecular formula is C16H13ClN2O2. The number of hydrogen-bond donors (Lipinski definition) is 0. The summed E-state index contributed by atoms with van der Waals surface area (Å²) in [6.45, 7) is 0. The zero-order chi connectivity index (χ0) is 14.8. The van der Waals surface area contributed by atoms with E-state index < -0.39 is 0 Å². The van der Waals surface area contributed by atoms with E-state index in [1.165, 1.54) is 4.57 Å². The Hall–Kier alpha value is -2.33. The van der Waals surface area contributed by atoms with Crippen LogP contribution in [0.4, 0.5) is 0 Å². The van der Waals surface area contributed by atoms with Gasteiger partial charge in [0.05, 0.1) is 29.6 Å². The van der Waals surface area contributed by atoms with Crippen LogP contribution in [-0.4, -0.2) is 16.7 Å². The topological polar surface area (TPSA) is 44.1 Å². The highest BCUT2D eigenvalue weighted by Gasteiger charge is 2.11. The zero-order valence-electron chi connectivity index (χ0n) is 11.4. The minimum Gasteiger partial charge on any atom is -0.497 e. The van der Waals surface area contributed by atoms with Gasteiger partial charge in [-0.3, -0.25) is 9.36 Å². The fourth-order valence-corrected chi connectivity index (χ4v) is 2.45. The molecule has 0 aliphatic carbocycles. The van der Waals surface area contributed by atoms with Crippen LogP contribution in [0.3, 0.4) is 0 Å². The molecule has 0 unspecified atom stereocenters. The summed E-state index contributed by atoms with van der Waals surface area (Å²) in [4.78, 5) is 17.2. The molecule has 0 saturated heterocycles. The fraction of sp³-hybridized carbons (Fsp3) is 0.125. The number of alkyl halides is 1. The number of fused-ring (bicyclic) bond motifs is 1. The van der Waals surface area contributed by atoms with Gasteiger partial charge in [0.15, 0.2) is 0 Å². The maximum Gasteiger partial charge on any atom is 0.266 e. The highest BCUT2D eigenvalue weighted by atomic mass is 35.5. The van der Waals surface area contributed by atoms with Crippen LogP contribution in [0.5, 0.6) is 5.75 Å². The van der Waals surface area contributed by atoms with Crippen LogP contribution < -0.4 is 10.3 Å². The summed E-state index contributed by atoms with van der Waals surface area (Å²) in [6, 6.07) is 14.5. The molecule has 0 radical (unpaired) electrons. The van der Waals surface area contributed by atoms with E-state index in [1.54, 1.807) is 25.3 Å². The van der Waals surface area contributed by atoms with E-state index >= 15 is 0 Å². The van der Waals surface area contributed by atoms with Crippen molar-refractivity contribution in [3.63, 3.8) is 0 Å². The summed E-state index contributed by atoms with van der Waals surface area (Å²) < 4.78 is 6.67. The van der Waals surface area contributed by atoms with E-state index in [9.17, 15) is 4.79 Å². The lowest BCUT2D eigenvalue weighted by molar-refractivity contribution is 0.414. The lowest BCUT2D eigenvalue weighted by Crippen LogP contribution is -2.23. The van der Waals surface area contributed by atoms with Gasteiger partial charge in [-0.15, -0.1) is 11.6 Å². The number of halogens is 1. The number of methoxy groups -OCH3 is 1. The molecule has 0 atom stereocenters. The molecule has 0 N–H and O–H groups in total. The smallest absolute Gasteiger partial charge is 0.266 e. The van der Waals surface area contributed by atoms with E-state index in [0.29, 0.717) is 16.7 Å². The van der Waals surface area contributed by atoms with Crippen molar-refractivity contribution in [3.8, 4) is 11.4 Å². The third-order valence-electron chi connectivity index (χ3n) is 3.30. The number of nitrogens with zero attached hydrogens (tertiary/aromatic N) is 2. The summed E-state index contributed by atoms with van der Waals surface area (Å²) in [5.41, 5.74) is 1.25. The van der Waals surface area contributed by atoms with Gasteiger partial charge in [0.2, 0.25) is 0 Å². The summed E-state index contributed by atoms with van der Waals surface area (Å²) in [5.74, 6) is 1.41. The summed E-state index contributed by atoms with van der Waals surface area (Å²) >= 11 is 5.97. The van der Waals surface area contributed by atoms with E-state index in [0.717, 1.165) is 11.4 Å². The molecule has 106 valence electrons. The van der Waals surface area contributed by atoms with Crippen LogP contribution in [0.2, 0.25) is 0 Å². The Morgan fingerprint density at radius 2 is 1.86 bits per heavy atom. The average Bonchev–Trinajstić information content (AvgIpc) is 2.55. The quantitative estimate of drug-likeness (QED) is 0.698. The monoisotopic (exact) mass is 300 g/mol. The maximum atomic E-state index is 12.7. The molecule has 0 fully saturated rings. The highest BCUT2D eigenvalue weighted by Crippen LogP contribution is 2.17. The number of para-hydroxylation sites is 1. The highest BCUT2D eigenvalue weighted by molar-refractivity contribution is 6.16. The van der Waals surface area contributed by atoms with Gasteiger partial charge in [-0.05, 0) is 36.4 Å². The molecule has 0 bridgehead atoms. The van der Waals surface area contributed by atoms with Crippen molar-refractivity contribution in [1.82, 2.24) is 9.55 Å². The van der Waals surface area contributed by atoms with E-state index in [-0.39, 0.29) is 11.4 Å². The van der Waals surface area contributed by atoms with Crippen molar-refractivity contribution in [2.24, 2.45) is 0 Å². The molecule has 3 rings (SSSR count). The molecule has 4 nitrogen and oxygen atoms in total. The van der Waals surface area contributed by atoms with Crippen molar-refractivity contribution in [1.29, 1.82) is 0 Å². The molecular weight excluding hydrogens is 288 g/mol. The second kappa shape index (κ2) is 5.58. The van der Waals surface area contributed by atoms with Crippen molar-refractivity contribution in [2.45, 2.75) is 5.88 Å². The third kappa shape index (κ3) is 2.38. The number of ether oxygens (including phenoxy) is 1. The van der Waals surface area contributed by atoms with Gasteiger partial charge >= 0.3 is 0 Å². The molecule has 0 spiro atoms. The summed E-state index contributed by atoms with van der Waals surface area (Å²) in [6.07, 6.45) is 0. The number of aromatic nitrogens is 2. The van der Waals surface area contributed by atoms with Gasteiger partial charge in [-0.2, -0.15) is 0 Å². The van der Waals surface area contributed by atoms with Crippen LogP contribution in [0.15, 0.2) is 53.3 Å². The Labute approximate surface area is 126 Å². The molecule has 1 heterocycles. The maximum absolute atomic E-state index is 12.7. The number of benzene rings is 2. The van der Waals surface area contributed by atoms with Gasteiger partial charge in [-0.1, -0.05) is 12.1 Å². The fourth-order valence-electron chi connectivity index (χ4n) is 2.27. The van der Waals surface area contributed by atoms with Gasteiger partial charge in [0, 0.05) is 0 Å². The average molecular weight is 301 g/mol. The number of rotatable bonds is 3. The standard InChI is InChI=1S/C16H13ClN2O2/c1-21-12-8-6-11(7-9-12)19-15(10-17)18-14-5-3-2-4-13(14)16(19)20/h2-9H,10H2,1H3. The molecule has 1 aromatic heterocycles. The molecule has 5 heteroatoms. The van der Waals surface area contributed by atoms with Gasteiger partial charge in [-0.25, -0.2) is 4.98 Å². The van der Waals surface area contributed by atoms with E-state index in [4.69, 9.17) is 16.3 Å². The van der Waals surface area contributed by atoms with Crippen LogP contribution in [0, 0.1) is 0 Å². The van der Waals surface area contributed by atoms with Crippen LogP contribution in [0.1, 0.15) is 5.82 Å². The minimum absolute atomic E-state index is 0.124.